The van der Waals surface area contributed by atoms with Gasteiger partial charge in [-0.05, 0) is 30.7 Å². The maximum Gasteiger partial charge on any atom is 0.348 e. The summed E-state index contributed by atoms with van der Waals surface area (Å²) in [6.45, 7) is 1.59. The number of methoxy groups -OCH3 is 2. The molecule has 0 fully saturated rings. The van der Waals surface area contributed by atoms with Crippen LogP contribution in [0.3, 0.4) is 0 Å². The normalized spacial score (nSPS) is 10.6. The smallest absolute Gasteiger partial charge is 0.348 e. The summed E-state index contributed by atoms with van der Waals surface area (Å²) in [5.74, 6) is -1.20. The van der Waals surface area contributed by atoms with Crippen LogP contribution in [0.4, 0.5) is 5.00 Å². The Labute approximate surface area is 141 Å². The number of nitrogens with one attached hydrogen (secondary N) is 1. The zero-order valence-corrected chi connectivity index (χ0v) is 14.1. The molecule has 2 rings (SSSR count). The number of amides is 1. The third kappa shape index (κ3) is 3.72. The number of hydrogen-bond acceptors (Lipinski definition) is 7. The van der Waals surface area contributed by atoms with Gasteiger partial charge in [-0.1, -0.05) is 0 Å². The zero-order chi connectivity index (χ0) is 17.7. The molecular formula is C16H15NO6S. The second-order valence-electron chi connectivity index (χ2n) is 4.58. The molecule has 0 saturated heterocycles. The minimum absolute atomic E-state index is 0.127. The molecule has 7 nitrogen and oxygen atoms in total. The first-order valence-corrected chi connectivity index (χ1v) is 7.62. The van der Waals surface area contributed by atoms with Gasteiger partial charge in [-0.2, -0.15) is 0 Å². The van der Waals surface area contributed by atoms with Gasteiger partial charge in [-0.3, -0.25) is 4.79 Å². The highest BCUT2D eigenvalue weighted by molar-refractivity contribution is 7.18. The van der Waals surface area contributed by atoms with Gasteiger partial charge in [0.05, 0.1) is 26.0 Å². The lowest BCUT2D eigenvalue weighted by Crippen LogP contribution is -2.11. The third-order valence-electron chi connectivity index (χ3n) is 3.09. The first kappa shape index (κ1) is 17.5. The summed E-state index contributed by atoms with van der Waals surface area (Å²) < 4.78 is 14.5. The van der Waals surface area contributed by atoms with Gasteiger partial charge in [0.25, 0.3) is 0 Å². The van der Waals surface area contributed by atoms with E-state index in [0.717, 1.165) is 11.3 Å². The minimum Gasteiger partial charge on any atom is -0.465 e. The lowest BCUT2D eigenvalue weighted by Gasteiger charge is -2.03. The van der Waals surface area contributed by atoms with Crippen LogP contribution in [-0.4, -0.2) is 32.1 Å². The van der Waals surface area contributed by atoms with Crippen molar-refractivity contribution >= 4 is 40.3 Å². The van der Waals surface area contributed by atoms with Gasteiger partial charge >= 0.3 is 11.9 Å². The van der Waals surface area contributed by atoms with Crippen molar-refractivity contribution in [3.05, 3.63) is 46.2 Å². The number of carbonyl (C=O) groups is 3. The molecule has 0 atom stereocenters. The Kier molecular flexibility index (Phi) is 5.54. The van der Waals surface area contributed by atoms with Crippen LogP contribution in [0.2, 0.25) is 0 Å². The van der Waals surface area contributed by atoms with E-state index in [9.17, 15) is 14.4 Å². The summed E-state index contributed by atoms with van der Waals surface area (Å²) in [6.07, 6.45) is 4.22. The van der Waals surface area contributed by atoms with Crippen molar-refractivity contribution in [1.29, 1.82) is 0 Å². The number of carbonyl (C=O) groups excluding carboxylic acids is 3. The number of esters is 2. The highest BCUT2D eigenvalue weighted by atomic mass is 32.1. The molecule has 126 valence electrons. The van der Waals surface area contributed by atoms with Gasteiger partial charge in [0.1, 0.15) is 15.6 Å². The summed E-state index contributed by atoms with van der Waals surface area (Å²) in [7, 11) is 2.46. The van der Waals surface area contributed by atoms with Crippen molar-refractivity contribution in [2.45, 2.75) is 6.92 Å². The molecule has 0 unspecified atom stereocenters. The first-order valence-electron chi connectivity index (χ1n) is 6.80. The standard InChI is InChI=1S/C16H15NO6S/c1-9-12(15(19)21-2)14(24-13(9)16(20)22-3)17-11(18)7-6-10-5-4-8-23-10/h4-8H,1-3H3,(H,17,18)/b7-6+. The fourth-order valence-electron chi connectivity index (χ4n) is 1.93. The largest absolute Gasteiger partial charge is 0.465 e. The second-order valence-corrected chi connectivity index (χ2v) is 5.60. The third-order valence-corrected chi connectivity index (χ3v) is 4.27. The molecule has 1 N–H and O–H groups in total. The van der Waals surface area contributed by atoms with E-state index in [1.54, 1.807) is 19.1 Å². The molecule has 0 aliphatic rings. The van der Waals surface area contributed by atoms with E-state index >= 15 is 0 Å². The Morgan fingerprint density at radius 1 is 1.21 bits per heavy atom. The number of thiophene rings is 1. The summed E-state index contributed by atoms with van der Waals surface area (Å²) in [5, 5.41) is 2.79. The molecule has 2 aromatic rings. The van der Waals surface area contributed by atoms with E-state index in [-0.39, 0.29) is 15.4 Å². The number of furan rings is 1. The fourth-order valence-corrected chi connectivity index (χ4v) is 3.05. The Balaban J connectivity index is 2.29. The summed E-state index contributed by atoms with van der Waals surface area (Å²) in [4.78, 5) is 36.0. The summed E-state index contributed by atoms with van der Waals surface area (Å²) in [5.41, 5.74) is 0.520. The van der Waals surface area contributed by atoms with Crippen LogP contribution >= 0.6 is 11.3 Å². The van der Waals surface area contributed by atoms with Crippen molar-refractivity contribution in [2.75, 3.05) is 19.5 Å². The minimum atomic E-state index is -0.649. The number of ether oxygens (including phenoxy) is 2. The van der Waals surface area contributed by atoms with Crippen molar-refractivity contribution < 1.29 is 28.3 Å². The molecule has 1 amide bonds. The van der Waals surface area contributed by atoms with Crippen LogP contribution in [0.1, 0.15) is 31.4 Å². The highest BCUT2D eigenvalue weighted by Crippen LogP contribution is 2.34. The van der Waals surface area contributed by atoms with Crippen molar-refractivity contribution in [3.63, 3.8) is 0 Å². The van der Waals surface area contributed by atoms with Gasteiger partial charge in [0, 0.05) is 6.08 Å². The van der Waals surface area contributed by atoms with Crippen LogP contribution in [0.5, 0.6) is 0 Å². The predicted molar refractivity (Wildman–Crippen MR) is 88.1 cm³/mol. The first-order chi connectivity index (χ1) is 11.5. The molecule has 0 aromatic carbocycles. The molecule has 0 spiro atoms. The van der Waals surface area contributed by atoms with E-state index in [1.165, 1.54) is 32.6 Å². The SMILES string of the molecule is COC(=O)c1sc(NC(=O)/C=C/c2ccco2)c(C(=O)OC)c1C. The molecular weight excluding hydrogens is 334 g/mol. The highest BCUT2D eigenvalue weighted by Gasteiger charge is 2.26. The Morgan fingerprint density at radius 3 is 2.50 bits per heavy atom. The lowest BCUT2D eigenvalue weighted by molar-refractivity contribution is -0.111. The van der Waals surface area contributed by atoms with Crippen molar-refractivity contribution in [2.24, 2.45) is 0 Å². The molecule has 2 heterocycles. The van der Waals surface area contributed by atoms with Crippen molar-refractivity contribution in [1.82, 2.24) is 0 Å². The molecule has 0 radical (unpaired) electrons. The molecule has 24 heavy (non-hydrogen) atoms. The Morgan fingerprint density at radius 2 is 1.92 bits per heavy atom. The monoisotopic (exact) mass is 349 g/mol. The van der Waals surface area contributed by atoms with E-state index < -0.39 is 17.8 Å². The van der Waals surface area contributed by atoms with Gasteiger partial charge in [0.15, 0.2) is 0 Å². The molecule has 0 aliphatic heterocycles. The van der Waals surface area contributed by atoms with Gasteiger partial charge in [-0.15, -0.1) is 11.3 Å². The summed E-state index contributed by atoms with van der Waals surface area (Å²) in [6, 6.07) is 3.38. The van der Waals surface area contributed by atoms with Gasteiger partial charge in [0.2, 0.25) is 5.91 Å². The van der Waals surface area contributed by atoms with Crippen LogP contribution in [-0.2, 0) is 14.3 Å². The molecule has 0 saturated carbocycles. The van der Waals surface area contributed by atoms with E-state index in [2.05, 4.69) is 10.1 Å². The van der Waals surface area contributed by atoms with Crippen LogP contribution < -0.4 is 5.32 Å². The van der Waals surface area contributed by atoms with Crippen LogP contribution in [0.25, 0.3) is 6.08 Å². The average molecular weight is 349 g/mol. The fraction of sp³-hybridized carbons (Fsp3) is 0.188. The Bertz CT molecular complexity index is 788. The average Bonchev–Trinajstić information content (AvgIpc) is 3.20. The molecule has 0 bridgehead atoms. The van der Waals surface area contributed by atoms with Gasteiger partial charge in [-0.25, -0.2) is 9.59 Å². The van der Waals surface area contributed by atoms with E-state index in [1.807, 2.05) is 0 Å². The summed E-state index contributed by atoms with van der Waals surface area (Å²) >= 11 is 0.950. The van der Waals surface area contributed by atoms with E-state index in [4.69, 9.17) is 9.15 Å². The van der Waals surface area contributed by atoms with Crippen LogP contribution in [0, 0.1) is 6.92 Å². The number of anilines is 1. The lowest BCUT2D eigenvalue weighted by atomic mass is 10.1. The quantitative estimate of drug-likeness (QED) is 0.659. The Hall–Kier alpha value is -2.87. The predicted octanol–water partition coefficient (Wildman–Crippen LogP) is 2.87. The maximum atomic E-state index is 12.0. The number of rotatable bonds is 5. The molecule has 0 aliphatic carbocycles. The molecule has 2 aromatic heterocycles. The van der Waals surface area contributed by atoms with Gasteiger partial charge < -0.3 is 19.2 Å². The van der Waals surface area contributed by atoms with Crippen molar-refractivity contribution in [3.8, 4) is 0 Å². The second kappa shape index (κ2) is 7.60. The zero-order valence-electron chi connectivity index (χ0n) is 13.2. The number of hydrogen-bond donors (Lipinski definition) is 1. The molecule has 8 heteroatoms. The van der Waals surface area contributed by atoms with Crippen LogP contribution in [0.15, 0.2) is 28.9 Å². The maximum absolute atomic E-state index is 12.0. The van der Waals surface area contributed by atoms with E-state index in [0.29, 0.717) is 11.3 Å². The topological polar surface area (TPSA) is 94.8 Å².